The summed E-state index contributed by atoms with van der Waals surface area (Å²) in [6.45, 7) is 0. The highest BCUT2D eigenvalue weighted by Crippen LogP contribution is 2.33. The lowest BCUT2D eigenvalue weighted by atomic mass is 10.00. The van der Waals surface area contributed by atoms with E-state index in [0.717, 1.165) is 0 Å². The number of carbonyl (C=O) groups is 1. The Morgan fingerprint density at radius 3 is 2.64 bits per heavy atom. The minimum atomic E-state index is -0.628. The average molecular weight is 314 g/mol. The molecule has 0 radical (unpaired) electrons. The maximum atomic E-state index is 14.2. The average Bonchev–Trinajstić information content (AvgIpc) is 2.90. The van der Waals surface area contributed by atoms with Gasteiger partial charge in [0.25, 0.3) is 5.91 Å². The molecule has 1 amide bonds. The van der Waals surface area contributed by atoms with Gasteiger partial charge in [0.1, 0.15) is 11.5 Å². The minimum absolute atomic E-state index is 0.195. The maximum absolute atomic E-state index is 14.2. The van der Waals surface area contributed by atoms with Crippen LogP contribution in [0.4, 0.5) is 4.39 Å². The number of amides is 1. The summed E-state index contributed by atoms with van der Waals surface area (Å²) >= 11 is 5.77. The number of hydrogen-bond donors (Lipinski definition) is 2. The van der Waals surface area contributed by atoms with Gasteiger partial charge in [0.15, 0.2) is 0 Å². The number of rotatable bonds is 2. The van der Waals surface area contributed by atoms with Crippen LogP contribution in [0.1, 0.15) is 16.1 Å². The molecular formula is C16H9ClFN3O. The van der Waals surface area contributed by atoms with Gasteiger partial charge in [-0.15, -0.1) is 0 Å². The van der Waals surface area contributed by atoms with Crippen molar-refractivity contribution in [3.8, 4) is 17.2 Å². The fourth-order valence-electron chi connectivity index (χ4n) is 2.36. The molecule has 22 heavy (non-hydrogen) atoms. The first-order valence-corrected chi connectivity index (χ1v) is 6.69. The van der Waals surface area contributed by atoms with Gasteiger partial charge in [-0.3, -0.25) is 4.79 Å². The summed E-state index contributed by atoms with van der Waals surface area (Å²) in [6.07, 6.45) is 0. The predicted molar refractivity (Wildman–Crippen MR) is 81.9 cm³/mol. The summed E-state index contributed by atoms with van der Waals surface area (Å²) in [5, 5.41) is 10.0. The first-order valence-electron chi connectivity index (χ1n) is 6.31. The van der Waals surface area contributed by atoms with Gasteiger partial charge >= 0.3 is 0 Å². The first-order chi connectivity index (χ1) is 10.5. The lowest BCUT2D eigenvalue weighted by Gasteiger charge is -2.07. The van der Waals surface area contributed by atoms with Crippen molar-refractivity contribution < 1.29 is 9.18 Å². The number of halogens is 2. The summed E-state index contributed by atoms with van der Waals surface area (Å²) in [7, 11) is 0. The van der Waals surface area contributed by atoms with Crippen molar-refractivity contribution in [3.05, 3.63) is 58.5 Å². The molecule has 0 bridgehead atoms. The van der Waals surface area contributed by atoms with Gasteiger partial charge in [-0.25, -0.2) is 4.39 Å². The highest BCUT2D eigenvalue weighted by molar-refractivity contribution is 6.30. The molecule has 4 nitrogen and oxygen atoms in total. The van der Waals surface area contributed by atoms with Crippen molar-refractivity contribution in [3.63, 3.8) is 0 Å². The molecule has 3 aromatic rings. The minimum Gasteiger partial charge on any atom is -0.364 e. The summed E-state index contributed by atoms with van der Waals surface area (Å²) < 4.78 is 14.2. The fourth-order valence-corrected chi connectivity index (χ4v) is 2.52. The van der Waals surface area contributed by atoms with Crippen LogP contribution in [0.15, 0.2) is 36.4 Å². The van der Waals surface area contributed by atoms with Gasteiger partial charge < -0.3 is 10.7 Å². The van der Waals surface area contributed by atoms with E-state index in [4.69, 9.17) is 22.6 Å². The second-order valence-corrected chi connectivity index (χ2v) is 5.21. The van der Waals surface area contributed by atoms with Crippen molar-refractivity contribution in [2.24, 2.45) is 5.73 Å². The van der Waals surface area contributed by atoms with E-state index in [1.165, 1.54) is 18.2 Å². The molecule has 108 valence electrons. The predicted octanol–water partition coefficient (Wildman–Crippen LogP) is 3.60. The van der Waals surface area contributed by atoms with Crippen LogP contribution in [0, 0.1) is 17.1 Å². The van der Waals surface area contributed by atoms with Gasteiger partial charge in [-0.1, -0.05) is 11.6 Å². The van der Waals surface area contributed by atoms with Crippen LogP contribution in [0.5, 0.6) is 0 Å². The molecule has 1 heterocycles. The number of nitrogens with two attached hydrogens (primary N) is 1. The summed E-state index contributed by atoms with van der Waals surface area (Å²) in [5.74, 6) is -1.14. The van der Waals surface area contributed by atoms with E-state index in [1.807, 2.05) is 6.07 Å². The Balaban J connectivity index is 2.36. The number of hydrogen-bond acceptors (Lipinski definition) is 2. The number of aromatic amines is 1. The number of nitriles is 1. The Morgan fingerprint density at radius 1 is 1.23 bits per heavy atom. The Labute approximate surface area is 129 Å². The van der Waals surface area contributed by atoms with Crippen molar-refractivity contribution >= 4 is 28.4 Å². The second kappa shape index (κ2) is 5.17. The smallest absolute Gasteiger partial charge is 0.265 e. The topological polar surface area (TPSA) is 82.7 Å². The number of nitrogens with one attached hydrogen (secondary N) is 1. The van der Waals surface area contributed by atoms with Crippen LogP contribution in [0.3, 0.4) is 0 Å². The molecule has 0 aliphatic heterocycles. The van der Waals surface area contributed by atoms with E-state index in [-0.39, 0.29) is 16.3 Å². The first kappa shape index (κ1) is 14.1. The quantitative estimate of drug-likeness (QED) is 0.757. The summed E-state index contributed by atoms with van der Waals surface area (Å²) in [4.78, 5) is 14.2. The van der Waals surface area contributed by atoms with Crippen LogP contribution in [-0.4, -0.2) is 10.9 Å². The monoisotopic (exact) mass is 313 g/mol. The molecule has 0 saturated carbocycles. The molecule has 3 rings (SSSR count). The van der Waals surface area contributed by atoms with Crippen molar-refractivity contribution in [2.75, 3.05) is 0 Å². The number of fused-ring (bicyclic) bond motifs is 1. The van der Waals surface area contributed by atoms with Gasteiger partial charge in [-0.2, -0.15) is 5.26 Å². The van der Waals surface area contributed by atoms with E-state index in [0.29, 0.717) is 22.0 Å². The Bertz CT molecular complexity index is 956. The number of H-pyrrole nitrogens is 1. The fraction of sp³-hybridized carbons (Fsp3) is 0. The molecule has 0 unspecified atom stereocenters. The number of benzene rings is 2. The number of carbonyl (C=O) groups excluding carboxylic acids is 1. The second-order valence-electron chi connectivity index (χ2n) is 4.77. The van der Waals surface area contributed by atoms with Crippen LogP contribution in [0.2, 0.25) is 5.02 Å². The third kappa shape index (κ3) is 2.30. The normalized spacial score (nSPS) is 10.6. The molecule has 1 aromatic heterocycles. The van der Waals surface area contributed by atoms with Gasteiger partial charge in [0.2, 0.25) is 0 Å². The Hall–Kier alpha value is -2.84. The Morgan fingerprint density at radius 2 is 2.00 bits per heavy atom. The lowest BCUT2D eigenvalue weighted by molar-refractivity contribution is 0.0996. The van der Waals surface area contributed by atoms with Crippen molar-refractivity contribution in [2.45, 2.75) is 0 Å². The number of nitrogens with zero attached hydrogens (tertiary/aromatic N) is 1. The van der Waals surface area contributed by atoms with E-state index < -0.39 is 11.7 Å². The van der Waals surface area contributed by atoms with E-state index in [2.05, 4.69) is 4.98 Å². The zero-order chi connectivity index (χ0) is 15.9. The maximum Gasteiger partial charge on any atom is 0.265 e. The zero-order valence-electron chi connectivity index (χ0n) is 11.2. The molecule has 0 saturated heterocycles. The van der Waals surface area contributed by atoms with Crippen molar-refractivity contribution in [1.82, 2.24) is 4.98 Å². The van der Waals surface area contributed by atoms with E-state index in [9.17, 15) is 9.18 Å². The van der Waals surface area contributed by atoms with Gasteiger partial charge in [0.05, 0.1) is 17.1 Å². The van der Waals surface area contributed by atoms with E-state index in [1.54, 1.807) is 18.2 Å². The standard InChI is InChI=1S/C16H9ClFN3O/c17-10-1-2-11(13(18)6-10)12-4-8(7-19)3-9-5-14(16(20)22)21-15(9)12/h1-6,21H,(H2,20,22). The molecule has 0 aliphatic carbocycles. The van der Waals surface area contributed by atoms with Gasteiger partial charge in [0, 0.05) is 21.5 Å². The zero-order valence-corrected chi connectivity index (χ0v) is 11.9. The van der Waals surface area contributed by atoms with E-state index >= 15 is 0 Å². The molecule has 6 heteroatoms. The molecule has 0 atom stereocenters. The van der Waals surface area contributed by atoms with Crippen molar-refractivity contribution in [1.29, 1.82) is 5.26 Å². The largest absolute Gasteiger partial charge is 0.364 e. The van der Waals surface area contributed by atoms with Crippen LogP contribution in [-0.2, 0) is 0 Å². The highest BCUT2D eigenvalue weighted by Gasteiger charge is 2.15. The molecule has 3 N–H and O–H groups in total. The lowest BCUT2D eigenvalue weighted by Crippen LogP contribution is -2.10. The van der Waals surface area contributed by atoms with Crippen LogP contribution < -0.4 is 5.73 Å². The number of aromatic nitrogens is 1. The molecule has 2 aromatic carbocycles. The molecule has 0 fully saturated rings. The summed E-state index contributed by atoms with van der Waals surface area (Å²) in [5.41, 5.74) is 7.09. The third-order valence-corrected chi connectivity index (χ3v) is 3.58. The SMILES string of the molecule is N#Cc1cc(-c2ccc(Cl)cc2F)c2[nH]c(C(N)=O)cc2c1. The van der Waals surface area contributed by atoms with Crippen LogP contribution in [0.25, 0.3) is 22.0 Å². The molecule has 0 aliphatic rings. The van der Waals surface area contributed by atoms with Crippen LogP contribution >= 0.6 is 11.6 Å². The summed E-state index contributed by atoms with van der Waals surface area (Å²) in [6, 6.07) is 11.0. The highest BCUT2D eigenvalue weighted by atomic mass is 35.5. The molecule has 0 spiro atoms. The number of primary amides is 1. The van der Waals surface area contributed by atoms with Gasteiger partial charge in [-0.05, 0) is 36.4 Å². The molecular weight excluding hydrogens is 305 g/mol. The third-order valence-electron chi connectivity index (χ3n) is 3.34. The Kier molecular flexibility index (Phi) is 3.32.